The summed E-state index contributed by atoms with van der Waals surface area (Å²) in [6, 6.07) is -3.67. The topological polar surface area (TPSA) is 54.4 Å². The van der Waals surface area contributed by atoms with Crippen molar-refractivity contribution in [2.24, 2.45) is 5.92 Å². The third-order valence-electron chi connectivity index (χ3n) is 0.948. The fraction of sp³-hybridized carbons (Fsp3) is 0.600. The van der Waals surface area contributed by atoms with Gasteiger partial charge in [0.05, 0.1) is 18.9 Å². The number of hydrogen-bond donors (Lipinski definition) is 1. The van der Waals surface area contributed by atoms with Crippen LogP contribution >= 0.6 is 0 Å². The summed E-state index contributed by atoms with van der Waals surface area (Å²) in [7, 11) is 0. The molecule has 1 unspecified atom stereocenters. The molecule has 0 saturated carbocycles. The highest BCUT2D eigenvalue weighted by molar-refractivity contribution is 5.78. The van der Waals surface area contributed by atoms with Crippen molar-refractivity contribution in [1.82, 2.24) is 0 Å². The van der Waals surface area contributed by atoms with E-state index in [1.165, 1.54) is 0 Å². The van der Waals surface area contributed by atoms with E-state index in [9.17, 15) is 18.4 Å². The Hall–Kier alpha value is -0.840. The second kappa shape index (κ2) is 4.05. The van der Waals surface area contributed by atoms with E-state index >= 15 is 0 Å². The van der Waals surface area contributed by atoms with Crippen molar-refractivity contribution in [2.45, 2.75) is 6.42 Å². The van der Waals surface area contributed by atoms with Crippen LogP contribution in [-0.4, -0.2) is 23.8 Å². The Kier molecular flexibility index (Phi) is 3.71. The molecule has 0 aromatic heterocycles. The molecule has 0 rings (SSSR count). The van der Waals surface area contributed by atoms with Crippen molar-refractivity contribution in [3.63, 3.8) is 0 Å². The largest absolute Gasteiger partial charge is 0.396 e. The molecule has 0 amide bonds. The molecule has 0 saturated heterocycles. The monoisotopic (exact) mass is 152 g/mol. The van der Waals surface area contributed by atoms with Crippen molar-refractivity contribution in [3.8, 4) is 0 Å². The van der Waals surface area contributed by atoms with Gasteiger partial charge in [-0.15, -0.1) is 0 Å². The summed E-state index contributed by atoms with van der Waals surface area (Å²) in [5, 5.41) is 8.17. The molecule has 1 atom stereocenters. The van der Waals surface area contributed by atoms with Gasteiger partial charge in [0.15, 0.2) is 0 Å². The van der Waals surface area contributed by atoms with Crippen LogP contribution < -0.4 is 0 Å². The molecule has 0 aromatic rings. The van der Waals surface area contributed by atoms with E-state index in [1.807, 2.05) is 0 Å². The minimum absolute atomic E-state index is 0.842. The first-order chi connectivity index (χ1) is 4.57. The van der Waals surface area contributed by atoms with Crippen LogP contribution in [0.1, 0.15) is 6.42 Å². The van der Waals surface area contributed by atoms with Gasteiger partial charge >= 0.3 is 12.1 Å². The van der Waals surface area contributed by atoms with Crippen molar-refractivity contribution >= 4 is 12.1 Å². The molecule has 3 nitrogen and oxygen atoms in total. The van der Waals surface area contributed by atoms with Gasteiger partial charge in [0.2, 0.25) is 0 Å². The molecule has 58 valence electrons. The van der Waals surface area contributed by atoms with Crippen LogP contribution in [0.3, 0.4) is 0 Å². The third-order valence-corrected chi connectivity index (χ3v) is 0.948. The van der Waals surface area contributed by atoms with Gasteiger partial charge in [0.1, 0.15) is 0 Å². The van der Waals surface area contributed by atoms with Crippen molar-refractivity contribution in [3.05, 3.63) is 0 Å². The minimum Gasteiger partial charge on any atom is -0.396 e. The summed E-state index contributed by atoms with van der Waals surface area (Å²) < 4.78 is 23.0. The molecule has 0 aliphatic heterocycles. The van der Waals surface area contributed by atoms with E-state index in [2.05, 4.69) is 0 Å². The Balaban J connectivity index is 3.83. The molecule has 0 spiro atoms. The summed E-state index contributed by atoms with van der Waals surface area (Å²) in [5.41, 5.74) is 0. The normalized spacial score (nSPS) is 12.7. The second-order valence-electron chi connectivity index (χ2n) is 1.74. The Morgan fingerprint density at radius 1 is 1.40 bits per heavy atom. The fourth-order valence-corrected chi connectivity index (χ4v) is 0.410. The maximum Gasteiger partial charge on any atom is 0.307 e. The lowest BCUT2D eigenvalue weighted by atomic mass is 10.1. The number of carbonyl (C=O) groups is 2. The van der Waals surface area contributed by atoms with Crippen LogP contribution in [0.2, 0.25) is 0 Å². The highest BCUT2D eigenvalue weighted by Crippen LogP contribution is 2.05. The maximum atomic E-state index is 11.6. The van der Waals surface area contributed by atoms with E-state index in [0.29, 0.717) is 0 Å². The van der Waals surface area contributed by atoms with Gasteiger partial charge in [0, 0.05) is 0 Å². The molecule has 0 aliphatic carbocycles. The fourth-order valence-electron chi connectivity index (χ4n) is 0.410. The van der Waals surface area contributed by atoms with Gasteiger partial charge in [0.25, 0.3) is 0 Å². The van der Waals surface area contributed by atoms with Crippen LogP contribution in [0.15, 0.2) is 0 Å². The van der Waals surface area contributed by atoms with Crippen molar-refractivity contribution in [2.75, 3.05) is 6.61 Å². The van der Waals surface area contributed by atoms with Crippen LogP contribution in [0.25, 0.3) is 0 Å². The summed E-state index contributed by atoms with van der Waals surface area (Å²) in [6.45, 7) is -0.842. The molecule has 0 aliphatic rings. The number of rotatable bonds is 4. The predicted molar refractivity (Wildman–Crippen MR) is 27.4 cm³/mol. The summed E-state index contributed by atoms with van der Waals surface area (Å²) in [5.74, 6) is -1.53. The van der Waals surface area contributed by atoms with E-state index in [-0.39, 0.29) is 0 Å². The zero-order valence-electron chi connectivity index (χ0n) is 5.01. The first-order valence-electron chi connectivity index (χ1n) is 2.56. The standard InChI is InChI=1S/C5H6F2O3/c6-4(9)1-3(2-8)5(7)10/h3,8H,1-2H2. The molecule has 1 N–H and O–H groups in total. The number of halogens is 2. The number of carbonyl (C=O) groups excluding carboxylic acids is 2. The van der Waals surface area contributed by atoms with E-state index in [4.69, 9.17) is 5.11 Å². The molecule has 0 bridgehead atoms. The van der Waals surface area contributed by atoms with Crippen LogP contribution in [0.5, 0.6) is 0 Å². The quantitative estimate of drug-likeness (QED) is 0.576. The Bertz CT molecular complexity index is 146. The van der Waals surface area contributed by atoms with Crippen LogP contribution in [0.4, 0.5) is 8.78 Å². The zero-order chi connectivity index (χ0) is 8.15. The second-order valence-corrected chi connectivity index (χ2v) is 1.74. The van der Waals surface area contributed by atoms with Crippen LogP contribution in [-0.2, 0) is 9.59 Å². The predicted octanol–water partition coefficient (Wildman–Crippen LogP) is -0.0228. The van der Waals surface area contributed by atoms with Gasteiger partial charge < -0.3 is 5.11 Å². The first kappa shape index (κ1) is 9.16. The summed E-state index contributed by atoms with van der Waals surface area (Å²) in [6.07, 6.45) is -0.883. The average Bonchev–Trinajstić information content (AvgIpc) is 1.81. The Morgan fingerprint density at radius 3 is 2.00 bits per heavy atom. The van der Waals surface area contributed by atoms with Gasteiger partial charge in [-0.05, 0) is 0 Å². The highest BCUT2D eigenvalue weighted by atomic mass is 19.1. The Morgan fingerprint density at radius 2 is 1.90 bits per heavy atom. The van der Waals surface area contributed by atoms with Gasteiger partial charge in [-0.3, -0.25) is 9.59 Å². The molecule has 5 heteroatoms. The summed E-state index contributed by atoms with van der Waals surface area (Å²) in [4.78, 5) is 19.4. The molecule has 0 heterocycles. The van der Waals surface area contributed by atoms with Crippen molar-refractivity contribution in [1.29, 1.82) is 0 Å². The lowest BCUT2D eigenvalue weighted by molar-refractivity contribution is -0.140. The van der Waals surface area contributed by atoms with E-state index in [0.717, 1.165) is 0 Å². The van der Waals surface area contributed by atoms with E-state index < -0.39 is 31.0 Å². The van der Waals surface area contributed by atoms with Gasteiger partial charge in [-0.1, -0.05) is 0 Å². The maximum absolute atomic E-state index is 11.6. The lowest BCUT2D eigenvalue weighted by Crippen LogP contribution is -2.16. The van der Waals surface area contributed by atoms with E-state index in [1.54, 1.807) is 0 Å². The first-order valence-corrected chi connectivity index (χ1v) is 2.56. The highest BCUT2D eigenvalue weighted by Gasteiger charge is 2.20. The molecular formula is C5H6F2O3. The molecule has 0 fully saturated rings. The molecule has 10 heavy (non-hydrogen) atoms. The lowest BCUT2D eigenvalue weighted by Gasteiger charge is -2.01. The Labute approximate surface area is 55.6 Å². The number of hydrogen-bond acceptors (Lipinski definition) is 3. The van der Waals surface area contributed by atoms with Crippen molar-refractivity contribution < 1.29 is 23.5 Å². The number of aliphatic hydroxyl groups excluding tert-OH is 1. The minimum atomic E-state index is -1.87. The summed E-state index contributed by atoms with van der Waals surface area (Å²) >= 11 is 0. The molecule has 0 radical (unpaired) electrons. The molecular weight excluding hydrogens is 146 g/mol. The van der Waals surface area contributed by atoms with Gasteiger partial charge in [-0.2, -0.15) is 8.78 Å². The average molecular weight is 152 g/mol. The van der Waals surface area contributed by atoms with Gasteiger partial charge in [-0.25, -0.2) is 0 Å². The van der Waals surface area contributed by atoms with Crippen LogP contribution in [0, 0.1) is 5.92 Å². The number of aliphatic hydroxyl groups is 1. The zero-order valence-corrected chi connectivity index (χ0v) is 5.01. The smallest absolute Gasteiger partial charge is 0.307 e. The SMILES string of the molecule is O=C(F)CC(CO)C(=O)F. The molecule has 0 aromatic carbocycles. The third kappa shape index (κ3) is 3.24.